The zero-order chi connectivity index (χ0) is 23.6. The molecule has 0 rings (SSSR count). The molecule has 198 valence electrons. The number of phosphoric ester groups is 2. The summed E-state index contributed by atoms with van der Waals surface area (Å²) < 4.78 is 42.7. The molecule has 0 amide bonds. The van der Waals surface area contributed by atoms with Crippen molar-refractivity contribution in [2.75, 3.05) is 40.5 Å². The molecule has 0 saturated heterocycles. The first-order valence-electron chi connectivity index (χ1n) is 10.0. The molecule has 0 bridgehead atoms. The predicted molar refractivity (Wildman–Crippen MR) is 126 cm³/mol. The van der Waals surface area contributed by atoms with Gasteiger partial charge in [-0.15, -0.1) is 0 Å². The number of hydrogen-bond acceptors (Lipinski definition) is 10. The molecule has 0 aliphatic rings. The van der Waals surface area contributed by atoms with E-state index in [2.05, 4.69) is 19.7 Å². The standard InChI is InChI=1S/C18H42N2O8P2.2CH4/c1-17(2,3)11-15(19-7)13-27-29(21,22)25-9-10-26-30(23,24)28-14-16(20-8)12-18(4,5)6;;/h15-16,19-20H,9-14H2,1-8H3,(H,21,22)(H,23,24);2*1H4/p-2. The fourth-order valence-corrected chi connectivity index (χ4v) is 4.17. The second-order valence-electron chi connectivity index (χ2n) is 9.65. The van der Waals surface area contributed by atoms with E-state index in [0.29, 0.717) is 12.8 Å². The van der Waals surface area contributed by atoms with Crippen LogP contribution in [0.25, 0.3) is 0 Å². The Kier molecular flexibility index (Phi) is 18.3. The highest BCUT2D eigenvalue weighted by molar-refractivity contribution is 7.46. The van der Waals surface area contributed by atoms with E-state index >= 15 is 0 Å². The van der Waals surface area contributed by atoms with Crippen LogP contribution in [0.2, 0.25) is 0 Å². The lowest BCUT2D eigenvalue weighted by Crippen LogP contribution is -2.34. The maximum Gasteiger partial charge on any atom is 0.268 e. The van der Waals surface area contributed by atoms with Crippen molar-refractivity contribution in [3.8, 4) is 0 Å². The van der Waals surface area contributed by atoms with E-state index in [-0.39, 0.29) is 51.0 Å². The molecular formula is C20H48N2O8P2-2. The highest BCUT2D eigenvalue weighted by Crippen LogP contribution is 2.41. The molecule has 0 aliphatic carbocycles. The number of likely N-dealkylation sites (N-methyl/N-ethyl adjacent to an activating group) is 2. The first-order chi connectivity index (χ1) is 13.5. The molecule has 0 radical (unpaired) electrons. The van der Waals surface area contributed by atoms with Crippen molar-refractivity contribution in [3.05, 3.63) is 0 Å². The van der Waals surface area contributed by atoms with E-state index in [9.17, 15) is 18.9 Å². The zero-order valence-electron chi connectivity index (χ0n) is 19.6. The van der Waals surface area contributed by atoms with Crippen LogP contribution < -0.4 is 20.4 Å². The summed E-state index contributed by atoms with van der Waals surface area (Å²) in [5.41, 5.74) is -0.0137. The van der Waals surface area contributed by atoms with Crippen LogP contribution in [0.5, 0.6) is 0 Å². The van der Waals surface area contributed by atoms with Gasteiger partial charge in [0.1, 0.15) is 0 Å². The van der Waals surface area contributed by atoms with Crippen molar-refractivity contribution >= 4 is 15.6 Å². The molecule has 32 heavy (non-hydrogen) atoms. The van der Waals surface area contributed by atoms with Crippen LogP contribution in [0.15, 0.2) is 0 Å². The lowest BCUT2D eigenvalue weighted by atomic mass is 9.88. The van der Waals surface area contributed by atoms with Crippen LogP contribution >= 0.6 is 15.6 Å². The average molecular weight is 507 g/mol. The van der Waals surface area contributed by atoms with Crippen LogP contribution in [0, 0.1) is 10.8 Å². The van der Waals surface area contributed by atoms with Crippen molar-refractivity contribution in [2.24, 2.45) is 10.8 Å². The van der Waals surface area contributed by atoms with Gasteiger partial charge in [0.15, 0.2) is 0 Å². The third-order valence-electron chi connectivity index (χ3n) is 3.98. The molecule has 0 spiro atoms. The average Bonchev–Trinajstić information content (AvgIpc) is 2.57. The fourth-order valence-electron chi connectivity index (χ4n) is 2.70. The Balaban J connectivity index is -0.00000420. The summed E-state index contributed by atoms with van der Waals surface area (Å²) in [5.74, 6) is 0. The van der Waals surface area contributed by atoms with E-state index in [0.717, 1.165) is 0 Å². The lowest BCUT2D eigenvalue weighted by molar-refractivity contribution is -0.233. The summed E-state index contributed by atoms with van der Waals surface area (Å²) in [6, 6.07) is -0.341. The molecule has 0 aromatic heterocycles. The van der Waals surface area contributed by atoms with Crippen molar-refractivity contribution in [3.63, 3.8) is 0 Å². The Labute approximate surface area is 196 Å². The second kappa shape index (κ2) is 15.9. The van der Waals surface area contributed by atoms with Gasteiger partial charge in [0.2, 0.25) is 0 Å². The molecule has 0 aromatic carbocycles. The third kappa shape index (κ3) is 20.7. The SMILES string of the molecule is C.C.CNC(COP(=O)([O-])OCCOP(=O)([O-])OCC(CC(C)(C)C)NC)CC(C)(C)C. The summed E-state index contributed by atoms with van der Waals surface area (Å²) in [4.78, 5) is 23.7. The minimum absolute atomic E-state index is 0. The molecule has 2 N–H and O–H groups in total. The van der Waals surface area contributed by atoms with Gasteiger partial charge in [0.05, 0.1) is 26.4 Å². The Morgan fingerprint density at radius 3 is 1.19 bits per heavy atom. The maximum atomic E-state index is 11.8. The summed E-state index contributed by atoms with van der Waals surface area (Å²) in [6.45, 7) is 11.0. The van der Waals surface area contributed by atoms with Gasteiger partial charge < -0.3 is 38.5 Å². The first kappa shape index (κ1) is 36.7. The molecule has 0 aromatic rings. The van der Waals surface area contributed by atoms with Gasteiger partial charge in [-0.3, -0.25) is 9.13 Å². The second-order valence-corrected chi connectivity index (χ2v) is 12.5. The van der Waals surface area contributed by atoms with Crippen LogP contribution in [0.1, 0.15) is 69.2 Å². The van der Waals surface area contributed by atoms with Crippen LogP contribution in [-0.4, -0.2) is 52.6 Å². The summed E-state index contributed by atoms with van der Waals surface area (Å²) in [5, 5.41) is 5.99. The van der Waals surface area contributed by atoms with Crippen molar-refractivity contribution in [1.29, 1.82) is 0 Å². The summed E-state index contributed by atoms with van der Waals surface area (Å²) in [7, 11) is -5.72. The minimum Gasteiger partial charge on any atom is -0.756 e. The first-order valence-corrected chi connectivity index (χ1v) is 13.0. The molecule has 4 unspecified atom stereocenters. The maximum absolute atomic E-state index is 11.8. The van der Waals surface area contributed by atoms with Gasteiger partial charge in [0, 0.05) is 12.1 Å². The molecule has 0 saturated carbocycles. The van der Waals surface area contributed by atoms with E-state index in [1.54, 1.807) is 14.1 Å². The van der Waals surface area contributed by atoms with Crippen molar-refractivity contribution in [2.45, 2.75) is 81.3 Å². The van der Waals surface area contributed by atoms with Gasteiger partial charge in [-0.25, -0.2) is 0 Å². The van der Waals surface area contributed by atoms with Crippen molar-refractivity contribution < 1.29 is 37.0 Å². The highest BCUT2D eigenvalue weighted by Gasteiger charge is 2.22. The Bertz CT molecular complexity index is 529. The normalized spacial score (nSPS) is 17.9. The van der Waals surface area contributed by atoms with E-state index in [4.69, 9.17) is 9.05 Å². The molecule has 12 heteroatoms. The molecule has 0 fully saturated rings. The van der Waals surface area contributed by atoms with Gasteiger partial charge in [-0.1, -0.05) is 56.4 Å². The number of nitrogens with one attached hydrogen (secondary N) is 2. The minimum atomic E-state index is -4.58. The van der Waals surface area contributed by atoms with Gasteiger partial charge in [-0.2, -0.15) is 0 Å². The smallest absolute Gasteiger partial charge is 0.268 e. The summed E-state index contributed by atoms with van der Waals surface area (Å²) in [6.07, 6.45) is 1.40. The topological polar surface area (TPSA) is 141 Å². The Hall–Kier alpha value is 0.140. The van der Waals surface area contributed by atoms with Gasteiger partial charge in [0.25, 0.3) is 15.6 Å². The summed E-state index contributed by atoms with van der Waals surface area (Å²) >= 11 is 0. The third-order valence-corrected chi connectivity index (χ3v) is 5.91. The number of rotatable bonds is 15. The van der Waals surface area contributed by atoms with Gasteiger partial charge >= 0.3 is 0 Å². The Morgan fingerprint density at radius 1 is 0.688 bits per heavy atom. The predicted octanol–water partition coefficient (Wildman–Crippen LogP) is 3.31. The van der Waals surface area contributed by atoms with Gasteiger partial charge in [-0.05, 0) is 37.8 Å². The molecular weight excluding hydrogens is 458 g/mol. The monoisotopic (exact) mass is 506 g/mol. The zero-order valence-corrected chi connectivity index (χ0v) is 21.3. The van der Waals surface area contributed by atoms with Crippen molar-refractivity contribution in [1.82, 2.24) is 10.6 Å². The quantitative estimate of drug-likeness (QED) is 0.251. The van der Waals surface area contributed by atoms with E-state index in [1.807, 2.05) is 41.5 Å². The van der Waals surface area contributed by atoms with Crippen LogP contribution in [0.3, 0.4) is 0 Å². The fraction of sp³-hybridized carbons (Fsp3) is 1.00. The molecule has 10 nitrogen and oxygen atoms in total. The molecule has 0 aliphatic heterocycles. The highest BCUT2D eigenvalue weighted by atomic mass is 31.2. The number of hydrogen-bond donors (Lipinski definition) is 2. The molecule has 4 atom stereocenters. The van der Waals surface area contributed by atoms with Crippen LogP contribution in [0.4, 0.5) is 0 Å². The molecule has 0 heterocycles. The number of phosphoric acid groups is 2. The largest absolute Gasteiger partial charge is 0.756 e. The van der Waals surface area contributed by atoms with Crippen LogP contribution in [-0.2, 0) is 27.2 Å². The Morgan fingerprint density at radius 2 is 0.969 bits per heavy atom. The van der Waals surface area contributed by atoms with E-state index < -0.39 is 28.9 Å². The lowest BCUT2D eigenvalue weighted by Gasteiger charge is -2.30. The van der Waals surface area contributed by atoms with E-state index in [1.165, 1.54) is 0 Å².